The van der Waals surface area contributed by atoms with Crippen LogP contribution in [0.15, 0.2) is 54.6 Å². The Morgan fingerprint density at radius 1 is 0.903 bits per heavy atom. The zero-order valence-corrected chi connectivity index (χ0v) is 18.2. The first kappa shape index (κ1) is 22.7. The average molecular weight is 426 g/mol. The molecule has 0 aliphatic heterocycles. The van der Waals surface area contributed by atoms with Gasteiger partial charge in [0.25, 0.3) is 5.91 Å². The van der Waals surface area contributed by atoms with Crippen LogP contribution in [-0.2, 0) is 20.9 Å². The quantitative estimate of drug-likeness (QED) is 0.612. The number of carbonyl (C=O) groups is 2. The maximum atomic E-state index is 12.1. The van der Waals surface area contributed by atoms with E-state index in [4.69, 9.17) is 14.2 Å². The van der Waals surface area contributed by atoms with E-state index in [0.29, 0.717) is 29.9 Å². The number of amides is 1. The number of carbonyl (C=O) groups excluding carboxylic acids is 2. The molecule has 3 atom stereocenters. The van der Waals surface area contributed by atoms with Crippen molar-refractivity contribution in [3.05, 3.63) is 60.2 Å². The fraction of sp³-hybridized carbons (Fsp3) is 0.440. The summed E-state index contributed by atoms with van der Waals surface area (Å²) in [6.45, 7) is 4.31. The fourth-order valence-electron chi connectivity index (χ4n) is 3.74. The zero-order valence-electron chi connectivity index (χ0n) is 18.2. The van der Waals surface area contributed by atoms with E-state index in [0.717, 1.165) is 18.4 Å². The van der Waals surface area contributed by atoms with Crippen LogP contribution in [-0.4, -0.2) is 31.1 Å². The van der Waals surface area contributed by atoms with Crippen molar-refractivity contribution in [1.82, 2.24) is 5.32 Å². The molecule has 0 heterocycles. The summed E-state index contributed by atoms with van der Waals surface area (Å²) in [5.41, 5.74) is 1.09. The lowest BCUT2D eigenvalue weighted by Crippen LogP contribution is -2.45. The lowest BCUT2D eigenvalue weighted by molar-refractivity contribution is -0.150. The molecule has 166 valence electrons. The van der Waals surface area contributed by atoms with Crippen LogP contribution in [0.5, 0.6) is 11.5 Å². The molecule has 1 N–H and O–H groups in total. The first-order valence-electron chi connectivity index (χ1n) is 10.9. The highest BCUT2D eigenvalue weighted by atomic mass is 16.6. The van der Waals surface area contributed by atoms with E-state index in [1.54, 1.807) is 24.3 Å². The molecule has 1 aliphatic rings. The highest BCUT2D eigenvalue weighted by Crippen LogP contribution is 2.29. The lowest BCUT2D eigenvalue weighted by Gasteiger charge is -2.34. The minimum absolute atomic E-state index is 0.147. The van der Waals surface area contributed by atoms with E-state index in [1.165, 1.54) is 6.42 Å². The van der Waals surface area contributed by atoms with E-state index >= 15 is 0 Å². The van der Waals surface area contributed by atoms with Crippen molar-refractivity contribution in [3.8, 4) is 11.5 Å². The standard InChI is InChI=1S/C25H31NO5/c1-18-7-6-10-23(19(18)2)26-24(27)16-31-25(28)17-30-22-13-11-21(12-14-22)29-15-20-8-4-3-5-9-20/h3-5,8-9,11-14,18-19,23H,6-7,10,15-17H2,1-2H3,(H,26,27)/t18-,19-,23+/m1/s1. The smallest absolute Gasteiger partial charge is 0.344 e. The molecule has 0 saturated heterocycles. The van der Waals surface area contributed by atoms with Gasteiger partial charge in [0.2, 0.25) is 0 Å². The van der Waals surface area contributed by atoms with Gasteiger partial charge in [0.1, 0.15) is 18.1 Å². The SMILES string of the molecule is C[C@@H]1[C@H](C)CCC[C@@H]1NC(=O)COC(=O)COc1ccc(OCc2ccccc2)cc1. The molecule has 1 amide bonds. The van der Waals surface area contributed by atoms with Crippen LogP contribution in [0, 0.1) is 11.8 Å². The normalized spacial score (nSPS) is 20.5. The maximum Gasteiger partial charge on any atom is 0.344 e. The zero-order chi connectivity index (χ0) is 22.1. The van der Waals surface area contributed by atoms with Crippen molar-refractivity contribution in [1.29, 1.82) is 0 Å². The molecule has 0 aromatic heterocycles. The van der Waals surface area contributed by atoms with Crippen LogP contribution < -0.4 is 14.8 Å². The first-order valence-corrected chi connectivity index (χ1v) is 10.9. The Balaban J connectivity index is 1.34. The van der Waals surface area contributed by atoms with E-state index in [9.17, 15) is 9.59 Å². The Morgan fingerprint density at radius 2 is 1.58 bits per heavy atom. The Hall–Kier alpha value is -3.02. The highest BCUT2D eigenvalue weighted by molar-refractivity contribution is 5.81. The summed E-state index contributed by atoms with van der Waals surface area (Å²) in [7, 11) is 0. The van der Waals surface area contributed by atoms with Crippen LogP contribution >= 0.6 is 0 Å². The molecular formula is C25H31NO5. The summed E-state index contributed by atoms with van der Waals surface area (Å²) in [5, 5.41) is 2.99. The third-order valence-electron chi connectivity index (χ3n) is 5.85. The number of rotatable bonds is 9. The Labute approximate surface area is 183 Å². The molecule has 1 aliphatic carbocycles. The summed E-state index contributed by atoms with van der Waals surface area (Å²) in [4.78, 5) is 24.0. The number of ether oxygens (including phenoxy) is 3. The van der Waals surface area contributed by atoms with Gasteiger partial charge in [-0.25, -0.2) is 4.79 Å². The first-order chi connectivity index (χ1) is 15.0. The van der Waals surface area contributed by atoms with Gasteiger partial charge in [-0.3, -0.25) is 4.79 Å². The molecule has 6 heteroatoms. The number of benzene rings is 2. The fourth-order valence-corrected chi connectivity index (χ4v) is 3.74. The van der Waals surface area contributed by atoms with Crippen LogP contribution in [0.25, 0.3) is 0 Å². The van der Waals surface area contributed by atoms with E-state index in [2.05, 4.69) is 19.2 Å². The minimum atomic E-state index is -0.579. The molecular weight excluding hydrogens is 394 g/mol. The van der Waals surface area contributed by atoms with Gasteiger partial charge >= 0.3 is 5.97 Å². The summed E-state index contributed by atoms with van der Waals surface area (Å²) in [6, 6.07) is 17.1. The largest absolute Gasteiger partial charge is 0.489 e. The van der Waals surface area contributed by atoms with Gasteiger partial charge in [-0.1, -0.05) is 57.0 Å². The van der Waals surface area contributed by atoms with Crippen molar-refractivity contribution in [2.75, 3.05) is 13.2 Å². The Kier molecular flexibility index (Phi) is 8.33. The van der Waals surface area contributed by atoms with Crippen LogP contribution in [0.3, 0.4) is 0 Å². The second-order valence-electron chi connectivity index (χ2n) is 8.14. The number of nitrogens with one attached hydrogen (secondary N) is 1. The van der Waals surface area contributed by atoms with Gasteiger partial charge in [-0.05, 0) is 48.1 Å². The van der Waals surface area contributed by atoms with Crippen molar-refractivity contribution >= 4 is 11.9 Å². The number of hydrogen-bond donors (Lipinski definition) is 1. The van der Waals surface area contributed by atoms with Crippen molar-refractivity contribution in [2.45, 2.75) is 45.8 Å². The predicted octanol–water partition coefficient (Wildman–Crippen LogP) is 4.13. The molecule has 3 rings (SSSR count). The molecule has 1 saturated carbocycles. The third kappa shape index (κ3) is 7.31. The topological polar surface area (TPSA) is 73.9 Å². The third-order valence-corrected chi connectivity index (χ3v) is 5.85. The monoisotopic (exact) mass is 425 g/mol. The van der Waals surface area contributed by atoms with E-state index < -0.39 is 5.97 Å². The second kappa shape index (κ2) is 11.4. The molecule has 0 bridgehead atoms. The van der Waals surface area contributed by atoms with Crippen LogP contribution in [0.4, 0.5) is 0 Å². The van der Waals surface area contributed by atoms with E-state index in [-0.39, 0.29) is 25.2 Å². The molecule has 0 spiro atoms. The van der Waals surface area contributed by atoms with Crippen molar-refractivity contribution in [2.24, 2.45) is 11.8 Å². The van der Waals surface area contributed by atoms with Crippen LogP contribution in [0.2, 0.25) is 0 Å². The van der Waals surface area contributed by atoms with Gasteiger partial charge in [-0.2, -0.15) is 0 Å². The summed E-state index contributed by atoms with van der Waals surface area (Å²) >= 11 is 0. The molecule has 0 unspecified atom stereocenters. The second-order valence-corrected chi connectivity index (χ2v) is 8.14. The Morgan fingerprint density at radius 3 is 2.29 bits per heavy atom. The maximum absolute atomic E-state index is 12.1. The molecule has 2 aromatic rings. The molecule has 0 radical (unpaired) electrons. The number of esters is 1. The predicted molar refractivity (Wildman–Crippen MR) is 118 cm³/mol. The van der Waals surface area contributed by atoms with Crippen LogP contribution in [0.1, 0.15) is 38.7 Å². The van der Waals surface area contributed by atoms with E-state index in [1.807, 2.05) is 30.3 Å². The van der Waals surface area contributed by atoms with Crippen molar-refractivity contribution < 1.29 is 23.8 Å². The molecule has 31 heavy (non-hydrogen) atoms. The van der Waals surface area contributed by atoms with Gasteiger partial charge in [-0.15, -0.1) is 0 Å². The highest BCUT2D eigenvalue weighted by Gasteiger charge is 2.28. The minimum Gasteiger partial charge on any atom is -0.489 e. The number of hydrogen-bond acceptors (Lipinski definition) is 5. The van der Waals surface area contributed by atoms with Gasteiger partial charge < -0.3 is 19.5 Å². The average Bonchev–Trinajstić information content (AvgIpc) is 2.79. The molecule has 1 fully saturated rings. The van der Waals surface area contributed by atoms with Gasteiger partial charge in [0.05, 0.1) is 0 Å². The summed E-state index contributed by atoms with van der Waals surface area (Å²) < 4.78 is 16.2. The summed E-state index contributed by atoms with van der Waals surface area (Å²) in [6.07, 6.45) is 3.28. The summed E-state index contributed by atoms with van der Waals surface area (Å²) in [5.74, 6) is 1.41. The molecule has 6 nitrogen and oxygen atoms in total. The van der Waals surface area contributed by atoms with Gasteiger partial charge in [0, 0.05) is 6.04 Å². The lowest BCUT2D eigenvalue weighted by atomic mass is 9.78. The van der Waals surface area contributed by atoms with Gasteiger partial charge in [0.15, 0.2) is 13.2 Å². The van der Waals surface area contributed by atoms with Crippen molar-refractivity contribution in [3.63, 3.8) is 0 Å². The molecule has 2 aromatic carbocycles. The Bertz CT molecular complexity index is 837.